The van der Waals surface area contributed by atoms with Gasteiger partial charge in [-0.3, -0.25) is 9.36 Å². The normalized spacial score (nSPS) is 24.9. The number of imidazole rings is 1. The third kappa shape index (κ3) is 6.23. The molecule has 3 aromatic rings. The van der Waals surface area contributed by atoms with Crippen LogP contribution in [0.15, 0.2) is 36.7 Å². The Labute approximate surface area is 240 Å². The molecule has 0 aliphatic carbocycles. The fourth-order valence-corrected chi connectivity index (χ4v) is 6.88. The van der Waals surface area contributed by atoms with Crippen molar-refractivity contribution in [1.29, 1.82) is 0 Å². The molecule has 1 aliphatic rings. The smallest absolute Gasteiger partial charge is 0.323 e. The lowest BCUT2D eigenvalue weighted by Gasteiger charge is -2.33. The Hall–Kier alpha value is -2.45. The molecule has 12 nitrogen and oxygen atoms in total. The maximum Gasteiger partial charge on any atom is 0.323 e. The van der Waals surface area contributed by atoms with E-state index >= 15 is 4.39 Å². The summed E-state index contributed by atoms with van der Waals surface area (Å²) in [6.07, 6.45) is -3.60. The summed E-state index contributed by atoms with van der Waals surface area (Å²) in [6, 6.07) is 7.73. The zero-order chi connectivity index (χ0) is 29.1. The number of alkyl halides is 2. The van der Waals surface area contributed by atoms with Crippen LogP contribution in [0.1, 0.15) is 25.9 Å². The molecule has 1 saturated heterocycles. The van der Waals surface area contributed by atoms with Crippen LogP contribution >= 0.6 is 18.2 Å². The largest absolute Gasteiger partial charge is 0.465 e. The Morgan fingerprint density at radius 1 is 1.38 bits per heavy atom. The van der Waals surface area contributed by atoms with Crippen LogP contribution in [0.4, 0.5) is 10.2 Å². The molecule has 4 rings (SSSR count). The van der Waals surface area contributed by atoms with Crippen molar-refractivity contribution in [2.75, 3.05) is 31.5 Å². The van der Waals surface area contributed by atoms with Gasteiger partial charge in [0.1, 0.15) is 29.3 Å². The molecule has 16 heteroatoms. The fourth-order valence-electron chi connectivity index (χ4n) is 4.15. The number of ether oxygens (including phenoxy) is 2. The molecule has 3 N–H and O–H groups in total. The summed E-state index contributed by atoms with van der Waals surface area (Å²) in [5.74, 6) is 0.364. The third-order valence-electron chi connectivity index (χ3n) is 6.18. The van der Waals surface area contributed by atoms with Crippen molar-refractivity contribution >= 4 is 53.0 Å². The van der Waals surface area contributed by atoms with Crippen LogP contribution in [0.5, 0.6) is 5.75 Å². The number of aliphatic hydroxyl groups is 1. The summed E-state index contributed by atoms with van der Waals surface area (Å²) in [5, 5.41) is 16.9. The number of hydrogen-bond acceptors (Lipinski definition) is 11. The average molecular weight is 617 g/mol. The first-order valence-electron chi connectivity index (χ1n) is 12.4. The van der Waals surface area contributed by atoms with Crippen LogP contribution in [0.3, 0.4) is 0 Å². The monoisotopic (exact) mass is 616 g/mol. The number of anilines is 1. The Morgan fingerprint density at radius 2 is 2.10 bits per heavy atom. The molecule has 218 valence electrons. The molecule has 0 bridgehead atoms. The standard InChI is InChI=1S/C24H31ClFN6O6PS/c1-5-35-23(34)14(2)31-39(40,38-16-9-7-6-8-10-16)36-12-24(11-25)19(33)17(26)22(37-24)32-13-28-18-20(27-4)29-15(3)30-21(18)32/h6-10,13-14,17,19,22,33H,5,11-12H2,1-4H3,(H,31,40)(H,27,29,30)/t14-,17+,19-,22+,24+,39?/m0/s1. The number of aromatic nitrogens is 4. The lowest BCUT2D eigenvalue weighted by molar-refractivity contribution is -0.144. The lowest BCUT2D eigenvalue weighted by atomic mass is 9.99. The second-order valence-electron chi connectivity index (χ2n) is 9.07. The van der Waals surface area contributed by atoms with Crippen LogP contribution in [-0.2, 0) is 30.6 Å². The number of aryl methyl sites for hydroxylation is 1. The van der Waals surface area contributed by atoms with Gasteiger partial charge in [0.15, 0.2) is 29.4 Å². The summed E-state index contributed by atoms with van der Waals surface area (Å²) in [7, 11) is 1.68. The summed E-state index contributed by atoms with van der Waals surface area (Å²) in [4.78, 5) is 25.3. The highest BCUT2D eigenvalue weighted by Crippen LogP contribution is 2.49. The molecule has 0 amide bonds. The van der Waals surface area contributed by atoms with E-state index in [4.69, 9.17) is 41.9 Å². The van der Waals surface area contributed by atoms with E-state index in [0.29, 0.717) is 28.6 Å². The Morgan fingerprint density at radius 3 is 2.75 bits per heavy atom. The van der Waals surface area contributed by atoms with Gasteiger partial charge in [0.2, 0.25) is 0 Å². The quantitative estimate of drug-likeness (QED) is 0.156. The van der Waals surface area contributed by atoms with E-state index in [9.17, 15) is 9.90 Å². The molecule has 1 aromatic carbocycles. The summed E-state index contributed by atoms with van der Waals surface area (Å²) in [5.41, 5.74) is -1.01. The van der Waals surface area contributed by atoms with Crippen molar-refractivity contribution in [2.45, 2.75) is 50.9 Å². The molecule has 0 spiro atoms. The van der Waals surface area contributed by atoms with E-state index in [2.05, 4.69) is 25.4 Å². The number of aliphatic hydroxyl groups excluding tert-OH is 1. The number of carbonyl (C=O) groups excluding carboxylic acids is 1. The van der Waals surface area contributed by atoms with Gasteiger partial charge >= 0.3 is 12.6 Å². The molecular formula is C24H31ClFN6O6PS. The molecule has 0 radical (unpaired) electrons. The second kappa shape index (κ2) is 12.6. The van der Waals surface area contributed by atoms with Gasteiger partial charge in [-0.1, -0.05) is 18.2 Å². The molecule has 40 heavy (non-hydrogen) atoms. The van der Waals surface area contributed by atoms with Crippen molar-refractivity contribution in [3.05, 3.63) is 42.5 Å². The maximum absolute atomic E-state index is 15.7. The minimum atomic E-state index is -3.50. The molecule has 3 heterocycles. The van der Waals surface area contributed by atoms with Gasteiger partial charge in [0.25, 0.3) is 0 Å². The van der Waals surface area contributed by atoms with E-state index in [0.717, 1.165) is 0 Å². The van der Waals surface area contributed by atoms with Gasteiger partial charge in [0.05, 0.1) is 25.4 Å². The predicted molar refractivity (Wildman–Crippen MR) is 151 cm³/mol. The number of carbonyl (C=O) groups is 1. The summed E-state index contributed by atoms with van der Waals surface area (Å²) < 4.78 is 40.2. The van der Waals surface area contributed by atoms with Gasteiger partial charge in [-0.25, -0.2) is 24.4 Å². The minimum Gasteiger partial charge on any atom is -0.465 e. The summed E-state index contributed by atoms with van der Waals surface area (Å²) >= 11 is 12.0. The highest BCUT2D eigenvalue weighted by atomic mass is 35.5. The number of benzene rings is 1. The minimum absolute atomic E-state index is 0.173. The van der Waals surface area contributed by atoms with Gasteiger partial charge in [0, 0.05) is 7.05 Å². The Kier molecular flexibility index (Phi) is 9.61. The molecule has 1 unspecified atom stereocenters. The average Bonchev–Trinajstić information content (AvgIpc) is 3.46. The number of nitrogens with zero attached hydrogens (tertiary/aromatic N) is 4. The number of fused-ring (bicyclic) bond motifs is 1. The fraction of sp³-hybridized carbons (Fsp3) is 0.500. The molecule has 6 atom stereocenters. The van der Waals surface area contributed by atoms with Crippen LogP contribution in [0, 0.1) is 6.92 Å². The highest BCUT2D eigenvalue weighted by molar-refractivity contribution is 8.09. The zero-order valence-electron chi connectivity index (χ0n) is 22.3. The highest BCUT2D eigenvalue weighted by Gasteiger charge is 2.57. The van der Waals surface area contributed by atoms with Crippen molar-refractivity contribution in [3.8, 4) is 5.75 Å². The maximum atomic E-state index is 15.7. The topological polar surface area (TPSA) is 142 Å². The first-order valence-corrected chi connectivity index (χ1v) is 15.6. The van der Waals surface area contributed by atoms with E-state index in [1.807, 2.05) is 0 Å². The first kappa shape index (κ1) is 30.5. The van der Waals surface area contributed by atoms with Crippen molar-refractivity contribution < 1.29 is 32.8 Å². The molecule has 0 saturated carbocycles. The zero-order valence-corrected chi connectivity index (χ0v) is 24.8. The summed E-state index contributed by atoms with van der Waals surface area (Å²) in [6.45, 7) is 1.14. The van der Waals surface area contributed by atoms with Gasteiger partial charge in [-0.05, 0) is 44.7 Å². The number of rotatable bonds is 12. The second-order valence-corrected chi connectivity index (χ2v) is 12.5. The van der Waals surface area contributed by atoms with Crippen molar-refractivity contribution in [3.63, 3.8) is 0 Å². The number of para-hydroxylation sites is 1. The molecular weight excluding hydrogens is 586 g/mol. The van der Waals surface area contributed by atoms with Crippen LogP contribution < -0.4 is 14.9 Å². The van der Waals surface area contributed by atoms with E-state index in [-0.39, 0.29) is 12.5 Å². The van der Waals surface area contributed by atoms with E-state index in [1.54, 1.807) is 58.2 Å². The SMILES string of the molecule is CCOC(=O)[C@H](C)NP(=S)(OC[C@@]1(CCl)O[C@@H](n2cnc3c(NC)nc(C)nc32)[C@H](F)[C@@H]1O)Oc1ccccc1. The van der Waals surface area contributed by atoms with Crippen LogP contribution in [0.25, 0.3) is 11.2 Å². The number of halogens is 2. The van der Waals surface area contributed by atoms with Crippen LogP contribution in [0.2, 0.25) is 0 Å². The van der Waals surface area contributed by atoms with Gasteiger partial charge in [-0.15, -0.1) is 11.6 Å². The molecule has 1 fully saturated rings. The Bertz CT molecular complexity index is 1390. The molecule has 2 aromatic heterocycles. The number of hydrogen-bond donors (Lipinski definition) is 3. The first-order chi connectivity index (χ1) is 19.1. The number of esters is 1. The van der Waals surface area contributed by atoms with E-state index < -0.39 is 49.4 Å². The predicted octanol–water partition coefficient (Wildman–Crippen LogP) is 3.24. The van der Waals surface area contributed by atoms with Gasteiger partial charge in [-0.2, -0.15) is 0 Å². The van der Waals surface area contributed by atoms with Crippen molar-refractivity contribution in [1.82, 2.24) is 24.6 Å². The van der Waals surface area contributed by atoms with Gasteiger partial charge < -0.3 is 28.9 Å². The van der Waals surface area contributed by atoms with E-state index in [1.165, 1.54) is 10.9 Å². The lowest BCUT2D eigenvalue weighted by Crippen LogP contribution is -2.48. The molecule has 1 aliphatic heterocycles. The van der Waals surface area contributed by atoms with Crippen LogP contribution in [-0.4, -0.2) is 80.7 Å². The van der Waals surface area contributed by atoms with Crippen molar-refractivity contribution in [2.24, 2.45) is 0 Å². The number of nitrogens with one attached hydrogen (secondary N) is 2. The third-order valence-corrected chi connectivity index (χ3v) is 9.11. The Balaban J connectivity index is 1.61.